The Bertz CT molecular complexity index is 1080. The van der Waals surface area contributed by atoms with Crippen LogP contribution < -0.4 is 21.1 Å². The predicted octanol–water partition coefficient (Wildman–Crippen LogP) is 2.01. The average Bonchev–Trinajstić information content (AvgIpc) is 2.74. The van der Waals surface area contributed by atoms with Crippen LogP contribution in [0.15, 0.2) is 47.4 Å². The van der Waals surface area contributed by atoms with Gasteiger partial charge in [0.2, 0.25) is 10.0 Å². The maximum Gasteiger partial charge on any atom is 0.255 e. The Morgan fingerprint density at radius 2 is 1.77 bits per heavy atom. The Morgan fingerprint density at radius 1 is 1.10 bits per heavy atom. The van der Waals surface area contributed by atoms with Crippen LogP contribution in [-0.2, 0) is 10.0 Å². The van der Waals surface area contributed by atoms with Crippen molar-refractivity contribution in [2.24, 2.45) is 11.7 Å². The molecule has 2 amide bonds. The van der Waals surface area contributed by atoms with E-state index in [0.29, 0.717) is 5.56 Å². The summed E-state index contributed by atoms with van der Waals surface area (Å²) >= 11 is 0. The van der Waals surface area contributed by atoms with Crippen molar-refractivity contribution < 1.29 is 18.0 Å². The van der Waals surface area contributed by atoms with E-state index in [0.717, 1.165) is 31.5 Å². The molecule has 0 aromatic heterocycles. The second-order valence-corrected chi connectivity index (χ2v) is 9.55. The van der Waals surface area contributed by atoms with Gasteiger partial charge in [0, 0.05) is 11.6 Å². The van der Waals surface area contributed by atoms with Crippen LogP contribution >= 0.6 is 0 Å². The van der Waals surface area contributed by atoms with E-state index in [1.165, 1.54) is 18.2 Å². The normalized spacial score (nSPS) is 15.9. The van der Waals surface area contributed by atoms with Gasteiger partial charge in [0.05, 0.1) is 16.1 Å². The molecule has 1 atom stereocenters. The summed E-state index contributed by atoms with van der Waals surface area (Å²) in [5.74, 6) is -1.00. The van der Waals surface area contributed by atoms with Gasteiger partial charge in [0.15, 0.2) is 0 Å². The number of primary amides is 1. The summed E-state index contributed by atoms with van der Waals surface area (Å²) < 4.78 is 28.5. The van der Waals surface area contributed by atoms with E-state index >= 15 is 0 Å². The van der Waals surface area contributed by atoms with Crippen molar-refractivity contribution in [2.45, 2.75) is 37.6 Å². The first-order valence-electron chi connectivity index (χ1n) is 10.2. The topological polar surface area (TPSA) is 130 Å². The van der Waals surface area contributed by atoms with Gasteiger partial charge >= 0.3 is 0 Å². The van der Waals surface area contributed by atoms with Crippen LogP contribution in [-0.4, -0.2) is 39.4 Å². The molecule has 166 valence electrons. The SMILES string of the molecule is Cc1ccccc1C(=O)Nc1ccc(S(=O)(=O)N[C@H](C)C2CCNCC2)cc1C(N)=O. The number of piperidine rings is 1. The Labute approximate surface area is 182 Å². The number of rotatable bonds is 7. The van der Waals surface area contributed by atoms with Crippen molar-refractivity contribution >= 4 is 27.5 Å². The number of sulfonamides is 1. The molecule has 1 saturated heterocycles. The Hall–Kier alpha value is -2.75. The van der Waals surface area contributed by atoms with Gasteiger partial charge in [-0.3, -0.25) is 9.59 Å². The van der Waals surface area contributed by atoms with E-state index in [2.05, 4.69) is 15.4 Å². The summed E-state index contributed by atoms with van der Waals surface area (Å²) in [6, 6.07) is 10.7. The minimum atomic E-state index is -3.86. The highest BCUT2D eigenvalue weighted by molar-refractivity contribution is 7.89. The van der Waals surface area contributed by atoms with Crippen LogP contribution in [0.5, 0.6) is 0 Å². The number of carbonyl (C=O) groups is 2. The highest BCUT2D eigenvalue weighted by atomic mass is 32.2. The Balaban J connectivity index is 1.83. The van der Waals surface area contributed by atoms with Crippen LogP contribution in [0.4, 0.5) is 5.69 Å². The molecule has 2 aromatic rings. The first kappa shape index (κ1) is 22.9. The van der Waals surface area contributed by atoms with E-state index in [1.807, 2.05) is 13.0 Å². The van der Waals surface area contributed by atoms with Crippen molar-refractivity contribution in [3.63, 3.8) is 0 Å². The van der Waals surface area contributed by atoms with Crippen molar-refractivity contribution in [2.75, 3.05) is 18.4 Å². The highest BCUT2D eigenvalue weighted by Crippen LogP contribution is 2.23. The second kappa shape index (κ2) is 9.59. The van der Waals surface area contributed by atoms with Crippen LogP contribution in [0.3, 0.4) is 0 Å². The molecule has 5 N–H and O–H groups in total. The summed E-state index contributed by atoms with van der Waals surface area (Å²) in [7, 11) is -3.86. The van der Waals surface area contributed by atoms with E-state index in [-0.39, 0.29) is 28.1 Å². The molecule has 8 nitrogen and oxygen atoms in total. The van der Waals surface area contributed by atoms with Gasteiger partial charge in [-0.1, -0.05) is 18.2 Å². The minimum Gasteiger partial charge on any atom is -0.366 e. The molecule has 0 aliphatic carbocycles. The van der Waals surface area contributed by atoms with E-state index in [9.17, 15) is 18.0 Å². The molecule has 0 unspecified atom stereocenters. The molecular formula is C22H28N4O4S. The van der Waals surface area contributed by atoms with Crippen LogP contribution in [0.25, 0.3) is 0 Å². The Morgan fingerprint density at radius 3 is 2.42 bits per heavy atom. The molecule has 1 aliphatic heterocycles. The van der Waals surface area contributed by atoms with Crippen LogP contribution in [0, 0.1) is 12.8 Å². The largest absolute Gasteiger partial charge is 0.366 e. The van der Waals surface area contributed by atoms with Crippen LogP contribution in [0.2, 0.25) is 0 Å². The fourth-order valence-corrected chi connectivity index (χ4v) is 5.11. The predicted molar refractivity (Wildman–Crippen MR) is 119 cm³/mol. The van der Waals surface area contributed by atoms with Crippen molar-refractivity contribution in [1.29, 1.82) is 0 Å². The summed E-state index contributed by atoms with van der Waals surface area (Å²) in [6.07, 6.45) is 1.78. The summed E-state index contributed by atoms with van der Waals surface area (Å²) in [5, 5.41) is 5.92. The zero-order valence-electron chi connectivity index (χ0n) is 17.6. The van der Waals surface area contributed by atoms with Gasteiger partial charge < -0.3 is 16.4 Å². The number of anilines is 1. The molecule has 3 rings (SSSR count). The van der Waals surface area contributed by atoms with E-state index in [4.69, 9.17) is 5.73 Å². The smallest absolute Gasteiger partial charge is 0.255 e. The number of nitrogens with two attached hydrogens (primary N) is 1. The van der Waals surface area contributed by atoms with Crippen molar-refractivity contribution in [1.82, 2.24) is 10.0 Å². The number of hydrogen-bond donors (Lipinski definition) is 4. The number of amides is 2. The lowest BCUT2D eigenvalue weighted by Gasteiger charge is -2.28. The molecule has 1 heterocycles. The fourth-order valence-electron chi connectivity index (χ4n) is 3.77. The zero-order valence-corrected chi connectivity index (χ0v) is 18.5. The Kier molecular flexibility index (Phi) is 7.09. The van der Waals surface area contributed by atoms with Gasteiger partial charge in [-0.2, -0.15) is 0 Å². The number of benzene rings is 2. The summed E-state index contributed by atoms with van der Waals surface area (Å²) in [6.45, 7) is 5.36. The number of hydrogen-bond acceptors (Lipinski definition) is 5. The lowest BCUT2D eigenvalue weighted by Crippen LogP contribution is -2.42. The lowest BCUT2D eigenvalue weighted by molar-refractivity contribution is 0.100. The van der Waals surface area contributed by atoms with Crippen LogP contribution in [0.1, 0.15) is 46.0 Å². The van der Waals surface area contributed by atoms with Gasteiger partial charge in [0.1, 0.15) is 0 Å². The van der Waals surface area contributed by atoms with Gasteiger partial charge in [-0.25, -0.2) is 13.1 Å². The highest BCUT2D eigenvalue weighted by Gasteiger charge is 2.26. The number of nitrogens with one attached hydrogen (secondary N) is 3. The standard InChI is InChI=1S/C22H28N4O4S/c1-14-5-3-4-6-18(14)22(28)25-20-8-7-17(13-19(20)21(23)27)31(29,30)26-15(2)16-9-11-24-12-10-16/h3-8,13,15-16,24,26H,9-12H2,1-2H3,(H2,23,27)(H,25,28)/t15-/m1/s1. The molecule has 9 heteroatoms. The third kappa shape index (κ3) is 5.49. The molecule has 0 spiro atoms. The minimum absolute atomic E-state index is 0.0701. The lowest BCUT2D eigenvalue weighted by atomic mass is 9.92. The molecule has 2 aromatic carbocycles. The first-order valence-corrected chi connectivity index (χ1v) is 11.7. The maximum atomic E-state index is 12.9. The molecule has 31 heavy (non-hydrogen) atoms. The van der Waals surface area contributed by atoms with Gasteiger partial charge in [0.25, 0.3) is 11.8 Å². The molecule has 1 fully saturated rings. The number of carbonyl (C=O) groups excluding carboxylic acids is 2. The summed E-state index contributed by atoms with van der Waals surface area (Å²) in [5.41, 5.74) is 6.79. The van der Waals surface area contributed by atoms with Gasteiger partial charge in [-0.05, 0) is 75.5 Å². The van der Waals surface area contributed by atoms with Crippen molar-refractivity contribution in [3.05, 3.63) is 59.2 Å². The first-order chi connectivity index (χ1) is 14.7. The second-order valence-electron chi connectivity index (χ2n) is 7.84. The molecule has 1 aliphatic rings. The zero-order chi connectivity index (χ0) is 22.6. The van der Waals surface area contributed by atoms with Crippen molar-refractivity contribution in [3.8, 4) is 0 Å². The fraction of sp³-hybridized carbons (Fsp3) is 0.364. The summed E-state index contributed by atoms with van der Waals surface area (Å²) in [4.78, 5) is 24.5. The molecule has 0 saturated carbocycles. The molecular weight excluding hydrogens is 416 g/mol. The quantitative estimate of drug-likeness (QED) is 0.519. The molecule has 0 bridgehead atoms. The average molecular weight is 445 g/mol. The monoisotopic (exact) mass is 444 g/mol. The third-order valence-electron chi connectivity index (χ3n) is 5.64. The van der Waals surface area contributed by atoms with E-state index in [1.54, 1.807) is 25.1 Å². The maximum absolute atomic E-state index is 12.9. The van der Waals surface area contributed by atoms with Gasteiger partial charge in [-0.15, -0.1) is 0 Å². The third-order valence-corrected chi connectivity index (χ3v) is 7.19. The molecule has 0 radical (unpaired) electrons. The van der Waals surface area contributed by atoms with E-state index < -0.39 is 21.8 Å². The number of aryl methyl sites for hydroxylation is 1.